The molecule has 5 heteroatoms. The number of aliphatic hydroxyl groups excluding tert-OH is 1. The van der Waals surface area contributed by atoms with Crippen molar-refractivity contribution in [2.24, 2.45) is 0 Å². The topological polar surface area (TPSA) is 50.5 Å². The Hall–Kier alpha value is -1.69. The minimum atomic E-state index is -0.522. The second kappa shape index (κ2) is 8.13. The quantitative estimate of drug-likeness (QED) is 0.839. The molecule has 1 aromatic carbocycles. The van der Waals surface area contributed by atoms with Gasteiger partial charge in [-0.25, -0.2) is 0 Å². The summed E-state index contributed by atoms with van der Waals surface area (Å²) in [6.07, 6.45) is 5.89. The molecule has 0 bridgehead atoms. The number of rotatable bonds is 7. The van der Waals surface area contributed by atoms with Crippen LogP contribution < -0.4 is 0 Å². The van der Waals surface area contributed by atoms with Crippen molar-refractivity contribution >= 4 is 0 Å². The molecule has 2 aromatic rings. The van der Waals surface area contributed by atoms with Crippen LogP contribution in [-0.2, 0) is 24.2 Å². The molecule has 1 saturated heterocycles. The van der Waals surface area contributed by atoms with Gasteiger partial charge in [0, 0.05) is 44.4 Å². The molecular weight excluding hydrogens is 314 g/mol. The van der Waals surface area contributed by atoms with E-state index in [-0.39, 0.29) is 6.61 Å². The number of aryl methyl sites for hydroxylation is 2. The van der Waals surface area contributed by atoms with Gasteiger partial charge in [-0.2, -0.15) is 5.10 Å². The zero-order chi connectivity index (χ0) is 17.7. The molecule has 1 aromatic heterocycles. The highest BCUT2D eigenvalue weighted by molar-refractivity contribution is 5.24. The van der Waals surface area contributed by atoms with Crippen molar-refractivity contribution in [3.05, 3.63) is 53.3 Å². The fourth-order valence-electron chi connectivity index (χ4n) is 3.61. The van der Waals surface area contributed by atoms with Gasteiger partial charge in [0.1, 0.15) is 5.60 Å². The summed E-state index contributed by atoms with van der Waals surface area (Å²) in [7, 11) is 0. The van der Waals surface area contributed by atoms with Crippen molar-refractivity contribution in [1.82, 2.24) is 14.7 Å². The molecule has 1 atom stereocenters. The molecular formula is C20H29N3O2. The monoisotopic (exact) mass is 343 g/mol. The first kappa shape index (κ1) is 18.1. The number of morpholine rings is 1. The molecule has 5 nitrogen and oxygen atoms in total. The average molecular weight is 343 g/mol. The van der Waals surface area contributed by atoms with E-state index < -0.39 is 5.60 Å². The van der Waals surface area contributed by atoms with Crippen molar-refractivity contribution in [3.8, 4) is 0 Å². The predicted octanol–water partition coefficient (Wildman–Crippen LogP) is 2.41. The molecule has 2 heterocycles. The van der Waals surface area contributed by atoms with E-state index >= 15 is 0 Å². The van der Waals surface area contributed by atoms with Gasteiger partial charge in [-0.05, 0) is 18.9 Å². The summed E-state index contributed by atoms with van der Waals surface area (Å²) in [6.45, 7) is 8.36. The molecule has 0 amide bonds. The van der Waals surface area contributed by atoms with Gasteiger partial charge in [0.2, 0.25) is 0 Å². The van der Waals surface area contributed by atoms with Crippen molar-refractivity contribution in [2.45, 2.75) is 45.4 Å². The molecule has 0 radical (unpaired) electrons. The Morgan fingerprint density at radius 3 is 2.96 bits per heavy atom. The lowest BCUT2D eigenvalue weighted by atomic mass is 9.92. The van der Waals surface area contributed by atoms with Crippen molar-refractivity contribution in [3.63, 3.8) is 0 Å². The summed E-state index contributed by atoms with van der Waals surface area (Å²) < 4.78 is 8.06. The molecule has 1 aliphatic rings. The first-order chi connectivity index (χ1) is 12.1. The summed E-state index contributed by atoms with van der Waals surface area (Å²) in [4.78, 5) is 2.36. The Kier molecular flexibility index (Phi) is 5.89. The van der Waals surface area contributed by atoms with Crippen LogP contribution in [0.3, 0.4) is 0 Å². The van der Waals surface area contributed by atoms with Gasteiger partial charge >= 0.3 is 0 Å². The molecule has 0 aliphatic carbocycles. The van der Waals surface area contributed by atoms with E-state index in [4.69, 9.17) is 4.74 Å². The SMILES string of the molecule is CCCn1cc(CN2CCOC(CO)(Cc3cccc(C)c3)C2)cn1. The largest absolute Gasteiger partial charge is 0.393 e. The van der Waals surface area contributed by atoms with Crippen LogP contribution in [0.1, 0.15) is 30.0 Å². The van der Waals surface area contributed by atoms with Crippen molar-refractivity contribution < 1.29 is 9.84 Å². The van der Waals surface area contributed by atoms with Gasteiger partial charge in [-0.15, -0.1) is 0 Å². The smallest absolute Gasteiger partial charge is 0.108 e. The van der Waals surface area contributed by atoms with Crippen LogP contribution in [0.4, 0.5) is 0 Å². The second-order valence-electron chi connectivity index (χ2n) is 7.18. The number of benzene rings is 1. The van der Waals surface area contributed by atoms with Crippen LogP contribution >= 0.6 is 0 Å². The molecule has 0 spiro atoms. The third kappa shape index (κ3) is 4.69. The normalized spacial score (nSPS) is 21.6. The summed E-state index contributed by atoms with van der Waals surface area (Å²) in [5.74, 6) is 0. The van der Waals surface area contributed by atoms with Gasteiger partial charge in [0.25, 0.3) is 0 Å². The number of hydrogen-bond acceptors (Lipinski definition) is 4. The van der Waals surface area contributed by atoms with Crippen LogP contribution in [0.25, 0.3) is 0 Å². The molecule has 136 valence electrons. The zero-order valence-electron chi connectivity index (χ0n) is 15.3. The molecule has 25 heavy (non-hydrogen) atoms. The highest BCUT2D eigenvalue weighted by Gasteiger charge is 2.36. The highest BCUT2D eigenvalue weighted by atomic mass is 16.5. The van der Waals surface area contributed by atoms with Crippen molar-refractivity contribution in [1.29, 1.82) is 0 Å². The summed E-state index contributed by atoms with van der Waals surface area (Å²) in [5.41, 5.74) is 3.15. The number of aliphatic hydroxyl groups is 1. The molecule has 1 fully saturated rings. The predicted molar refractivity (Wildman–Crippen MR) is 98.4 cm³/mol. The molecule has 0 saturated carbocycles. The van der Waals surface area contributed by atoms with Crippen molar-refractivity contribution in [2.75, 3.05) is 26.3 Å². The molecule has 3 rings (SSSR count). The first-order valence-corrected chi connectivity index (χ1v) is 9.16. The van der Waals surface area contributed by atoms with Crippen LogP contribution in [0, 0.1) is 6.92 Å². The third-order valence-electron chi connectivity index (χ3n) is 4.77. The van der Waals surface area contributed by atoms with Gasteiger partial charge in [-0.3, -0.25) is 9.58 Å². The zero-order valence-corrected chi connectivity index (χ0v) is 15.3. The van der Waals surface area contributed by atoms with Gasteiger partial charge in [0.15, 0.2) is 0 Å². The summed E-state index contributed by atoms with van der Waals surface area (Å²) >= 11 is 0. The van der Waals surface area contributed by atoms with Gasteiger partial charge in [-0.1, -0.05) is 36.8 Å². The Morgan fingerprint density at radius 1 is 1.32 bits per heavy atom. The van der Waals surface area contributed by atoms with Crippen LogP contribution in [0.2, 0.25) is 0 Å². The van der Waals surface area contributed by atoms with E-state index in [1.165, 1.54) is 16.7 Å². The Balaban J connectivity index is 1.66. The minimum Gasteiger partial charge on any atom is -0.393 e. The number of ether oxygens (including phenoxy) is 1. The molecule has 1 aliphatic heterocycles. The average Bonchev–Trinajstić information content (AvgIpc) is 3.02. The van der Waals surface area contributed by atoms with Gasteiger partial charge in [0.05, 0.1) is 19.4 Å². The minimum absolute atomic E-state index is 0.0343. The number of aromatic nitrogens is 2. The Bertz CT molecular complexity index is 685. The maximum atomic E-state index is 10.1. The lowest BCUT2D eigenvalue weighted by Gasteiger charge is -2.42. The number of nitrogens with zero attached hydrogens (tertiary/aromatic N) is 3. The van der Waals surface area contributed by atoms with E-state index in [0.717, 1.165) is 39.0 Å². The van der Waals surface area contributed by atoms with Gasteiger partial charge < -0.3 is 9.84 Å². The Morgan fingerprint density at radius 2 is 2.20 bits per heavy atom. The standard InChI is InChI=1S/C20H29N3O2/c1-3-7-23-14-19(12-21-23)13-22-8-9-25-20(15-22,16-24)11-18-6-4-5-17(2)10-18/h4-6,10,12,14,24H,3,7-9,11,13,15-16H2,1-2H3. The van der Waals surface area contributed by atoms with E-state index in [9.17, 15) is 5.11 Å². The van der Waals surface area contributed by atoms with E-state index in [1.54, 1.807) is 0 Å². The number of hydrogen-bond donors (Lipinski definition) is 1. The van der Waals surface area contributed by atoms with Crippen LogP contribution in [-0.4, -0.2) is 51.7 Å². The van der Waals surface area contributed by atoms with E-state index in [1.807, 2.05) is 10.9 Å². The summed E-state index contributed by atoms with van der Waals surface area (Å²) in [6, 6.07) is 8.45. The second-order valence-corrected chi connectivity index (χ2v) is 7.18. The lowest BCUT2D eigenvalue weighted by Crippen LogP contribution is -2.55. The summed E-state index contributed by atoms with van der Waals surface area (Å²) in [5, 5.41) is 14.5. The molecule has 1 unspecified atom stereocenters. The van der Waals surface area contributed by atoms with Crippen LogP contribution in [0.15, 0.2) is 36.7 Å². The van der Waals surface area contributed by atoms with Crippen LogP contribution in [0.5, 0.6) is 0 Å². The highest BCUT2D eigenvalue weighted by Crippen LogP contribution is 2.24. The molecule has 1 N–H and O–H groups in total. The maximum Gasteiger partial charge on any atom is 0.108 e. The Labute approximate surface area is 150 Å². The third-order valence-corrected chi connectivity index (χ3v) is 4.77. The lowest BCUT2D eigenvalue weighted by molar-refractivity contribution is -0.134. The fourth-order valence-corrected chi connectivity index (χ4v) is 3.61. The van der Waals surface area contributed by atoms with E-state index in [0.29, 0.717) is 6.61 Å². The first-order valence-electron chi connectivity index (χ1n) is 9.16. The van der Waals surface area contributed by atoms with E-state index in [2.05, 4.69) is 54.3 Å². The maximum absolute atomic E-state index is 10.1. The fraction of sp³-hybridized carbons (Fsp3) is 0.550.